The zero-order valence-corrected chi connectivity index (χ0v) is 15.5. The monoisotopic (exact) mass is 320 g/mol. The molecule has 0 saturated heterocycles. The van der Waals surface area contributed by atoms with E-state index < -0.39 is 0 Å². The molecule has 0 fully saturated rings. The van der Waals surface area contributed by atoms with Crippen LogP contribution in [0.5, 0.6) is 11.5 Å². The van der Waals surface area contributed by atoms with E-state index in [2.05, 4.69) is 26.8 Å². The van der Waals surface area contributed by atoms with Gasteiger partial charge in [0, 0.05) is 0 Å². The van der Waals surface area contributed by atoms with Crippen molar-refractivity contribution in [2.24, 2.45) is 0 Å². The van der Waals surface area contributed by atoms with E-state index in [1.54, 1.807) is 0 Å². The van der Waals surface area contributed by atoms with Gasteiger partial charge in [0.15, 0.2) is 0 Å². The molecule has 0 N–H and O–H groups in total. The van der Waals surface area contributed by atoms with Crippen LogP contribution in [0.3, 0.4) is 0 Å². The predicted octanol–water partition coefficient (Wildman–Crippen LogP) is 6.69. The van der Waals surface area contributed by atoms with Crippen molar-refractivity contribution in [3.8, 4) is 11.5 Å². The van der Waals surface area contributed by atoms with E-state index in [4.69, 9.17) is 9.47 Å². The summed E-state index contributed by atoms with van der Waals surface area (Å²) in [5.74, 6) is 1.96. The summed E-state index contributed by atoms with van der Waals surface area (Å²) in [6.07, 6.45) is 12.7. The van der Waals surface area contributed by atoms with Gasteiger partial charge in [0.25, 0.3) is 0 Å². The Kier molecular flexibility index (Phi) is 11.5. The molecule has 0 radical (unpaired) electrons. The molecule has 0 aliphatic rings. The van der Waals surface area contributed by atoms with Gasteiger partial charge in [-0.3, -0.25) is 0 Å². The molecule has 0 unspecified atom stereocenters. The average Bonchev–Trinajstić information content (AvgIpc) is 2.55. The van der Waals surface area contributed by atoms with Gasteiger partial charge in [-0.05, 0) is 43.5 Å². The molecule has 0 spiro atoms. The maximum absolute atomic E-state index is 5.89. The lowest BCUT2D eigenvalue weighted by molar-refractivity contribution is 0.295. The van der Waals surface area contributed by atoms with Gasteiger partial charge >= 0.3 is 0 Å². The average molecular weight is 321 g/mol. The van der Waals surface area contributed by atoms with E-state index in [1.165, 1.54) is 56.9 Å². The molecule has 0 aromatic heterocycles. The maximum Gasteiger partial charge on any atom is 0.122 e. The summed E-state index contributed by atoms with van der Waals surface area (Å²) in [5, 5.41) is 0. The molecule has 0 aliphatic carbocycles. The third kappa shape index (κ3) is 9.53. The van der Waals surface area contributed by atoms with Crippen LogP contribution in [0.1, 0.15) is 83.6 Å². The largest absolute Gasteiger partial charge is 0.494 e. The normalized spacial score (nSPS) is 10.7. The Morgan fingerprint density at radius 1 is 0.696 bits per heavy atom. The number of rotatable bonds is 14. The maximum atomic E-state index is 5.89. The fourth-order valence-corrected chi connectivity index (χ4v) is 2.66. The van der Waals surface area contributed by atoms with Crippen LogP contribution in [0.2, 0.25) is 0 Å². The minimum atomic E-state index is 0.820. The van der Waals surface area contributed by atoms with E-state index in [-0.39, 0.29) is 0 Å². The molecule has 1 aromatic rings. The van der Waals surface area contributed by atoms with Crippen molar-refractivity contribution in [2.45, 2.75) is 85.0 Å². The van der Waals surface area contributed by atoms with E-state index >= 15 is 0 Å². The third-order valence-corrected chi connectivity index (χ3v) is 4.17. The van der Waals surface area contributed by atoms with Crippen molar-refractivity contribution in [3.05, 3.63) is 23.8 Å². The summed E-state index contributed by atoms with van der Waals surface area (Å²) in [5.41, 5.74) is 1.17. The van der Waals surface area contributed by atoms with E-state index in [9.17, 15) is 0 Å². The van der Waals surface area contributed by atoms with Crippen LogP contribution < -0.4 is 9.47 Å². The van der Waals surface area contributed by atoms with Crippen molar-refractivity contribution in [3.63, 3.8) is 0 Å². The highest BCUT2D eigenvalue weighted by Gasteiger charge is 2.02. The van der Waals surface area contributed by atoms with Crippen molar-refractivity contribution >= 4 is 0 Å². The highest BCUT2D eigenvalue weighted by molar-refractivity contribution is 5.39. The predicted molar refractivity (Wildman–Crippen MR) is 99.7 cm³/mol. The minimum absolute atomic E-state index is 0.820. The first-order chi connectivity index (χ1) is 11.3. The van der Waals surface area contributed by atoms with Crippen LogP contribution in [-0.4, -0.2) is 13.2 Å². The quantitative estimate of drug-likeness (QED) is 0.355. The van der Waals surface area contributed by atoms with Crippen LogP contribution in [0, 0.1) is 6.92 Å². The second-order valence-corrected chi connectivity index (χ2v) is 6.45. The van der Waals surface area contributed by atoms with Crippen LogP contribution in [0.15, 0.2) is 18.2 Å². The number of hydrogen-bond donors (Lipinski definition) is 0. The molecule has 0 heterocycles. The number of hydrogen-bond acceptors (Lipinski definition) is 2. The van der Waals surface area contributed by atoms with Gasteiger partial charge in [-0.15, -0.1) is 0 Å². The number of unbranched alkanes of at least 4 members (excludes halogenated alkanes) is 8. The molecule has 2 nitrogen and oxygen atoms in total. The first-order valence-corrected chi connectivity index (χ1v) is 9.64. The first-order valence-electron chi connectivity index (χ1n) is 9.64. The Balaban J connectivity index is 2.20. The molecular weight excluding hydrogens is 284 g/mol. The van der Waals surface area contributed by atoms with E-state index in [0.29, 0.717) is 0 Å². The van der Waals surface area contributed by atoms with Gasteiger partial charge in [-0.25, -0.2) is 0 Å². The van der Waals surface area contributed by atoms with E-state index in [0.717, 1.165) is 37.6 Å². The van der Waals surface area contributed by atoms with E-state index in [1.807, 2.05) is 12.1 Å². The Morgan fingerprint density at radius 3 is 1.83 bits per heavy atom. The lowest BCUT2D eigenvalue weighted by Gasteiger charge is -2.12. The molecule has 23 heavy (non-hydrogen) atoms. The summed E-state index contributed by atoms with van der Waals surface area (Å²) < 4.78 is 11.7. The van der Waals surface area contributed by atoms with Gasteiger partial charge in [0.1, 0.15) is 11.5 Å². The van der Waals surface area contributed by atoms with Crippen molar-refractivity contribution in [1.29, 1.82) is 0 Å². The van der Waals surface area contributed by atoms with Gasteiger partial charge in [0.2, 0.25) is 0 Å². The molecule has 2 heteroatoms. The van der Waals surface area contributed by atoms with Crippen LogP contribution in [0.4, 0.5) is 0 Å². The molecule has 1 aromatic carbocycles. The molecular formula is C21H36O2. The second kappa shape index (κ2) is 13.3. The zero-order chi connectivity index (χ0) is 16.8. The Bertz CT molecular complexity index is 401. The summed E-state index contributed by atoms with van der Waals surface area (Å²) in [6, 6.07) is 6.18. The highest BCUT2D eigenvalue weighted by Crippen LogP contribution is 2.24. The molecule has 0 amide bonds. The fraction of sp³-hybridized carbons (Fsp3) is 0.714. The fourth-order valence-electron chi connectivity index (χ4n) is 2.66. The lowest BCUT2D eigenvalue weighted by atomic mass is 10.1. The summed E-state index contributed by atoms with van der Waals surface area (Å²) in [6.45, 7) is 8.23. The van der Waals surface area contributed by atoms with Gasteiger partial charge in [0.05, 0.1) is 13.2 Å². The molecule has 0 bridgehead atoms. The van der Waals surface area contributed by atoms with Crippen LogP contribution in [0.25, 0.3) is 0 Å². The molecule has 0 aliphatic heterocycles. The molecule has 1 rings (SSSR count). The smallest absolute Gasteiger partial charge is 0.122 e. The minimum Gasteiger partial charge on any atom is -0.494 e. The molecule has 132 valence electrons. The van der Waals surface area contributed by atoms with Crippen molar-refractivity contribution in [1.82, 2.24) is 0 Å². The summed E-state index contributed by atoms with van der Waals surface area (Å²) >= 11 is 0. The summed E-state index contributed by atoms with van der Waals surface area (Å²) in [7, 11) is 0. The number of aryl methyl sites for hydroxylation is 1. The molecule has 0 atom stereocenters. The number of ether oxygens (including phenoxy) is 2. The number of benzene rings is 1. The third-order valence-electron chi connectivity index (χ3n) is 4.17. The van der Waals surface area contributed by atoms with Gasteiger partial charge in [-0.2, -0.15) is 0 Å². The highest BCUT2D eigenvalue weighted by atomic mass is 16.5. The molecule has 0 saturated carbocycles. The van der Waals surface area contributed by atoms with Crippen LogP contribution in [-0.2, 0) is 0 Å². The van der Waals surface area contributed by atoms with Crippen molar-refractivity contribution in [2.75, 3.05) is 13.2 Å². The second-order valence-electron chi connectivity index (χ2n) is 6.45. The zero-order valence-electron chi connectivity index (χ0n) is 15.5. The van der Waals surface area contributed by atoms with Gasteiger partial charge in [-0.1, -0.05) is 65.2 Å². The van der Waals surface area contributed by atoms with Crippen LogP contribution >= 0.6 is 0 Å². The van der Waals surface area contributed by atoms with Crippen molar-refractivity contribution < 1.29 is 9.47 Å². The standard InChI is InChI=1S/C21H36O2/c1-4-6-8-10-12-16-22-20-14-15-21(19(3)18-20)23-17-13-11-9-7-5-2/h14-15,18H,4-13,16-17H2,1-3H3. The topological polar surface area (TPSA) is 18.5 Å². The SMILES string of the molecule is CCCCCCCOc1ccc(OCCCCCCC)c(C)c1. The van der Waals surface area contributed by atoms with Gasteiger partial charge < -0.3 is 9.47 Å². The summed E-state index contributed by atoms with van der Waals surface area (Å²) in [4.78, 5) is 0. The lowest BCUT2D eigenvalue weighted by Crippen LogP contribution is -2.01. The first kappa shape index (κ1) is 19.9. The Hall–Kier alpha value is -1.18. The Labute approximate surface area is 143 Å². The Morgan fingerprint density at radius 2 is 1.26 bits per heavy atom.